The molecule has 0 unspecified atom stereocenters. The predicted octanol–water partition coefficient (Wildman–Crippen LogP) is 2.09. The number of aliphatic hydroxyl groups excluding tert-OH is 1. The molecule has 1 N–H and O–H groups in total. The van der Waals surface area contributed by atoms with E-state index in [1.807, 2.05) is 6.92 Å². The van der Waals surface area contributed by atoms with Gasteiger partial charge in [0.25, 0.3) is 0 Å². The van der Waals surface area contributed by atoms with E-state index in [2.05, 4.69) is 6.92 Å². The second-order valence-corrected chi connectivity index (χ2v) is 1.73. The maximum atomic E-state index is 8.30. The second-order valence-electron chi connectivity index (χ2n) is 1.73. The zero-order valence-corrected chi connectivity index (χ0v) is 7.06. The van der Waals surface area contributed by atoms with Crippen LogP contribution < -0.4 is 0 Å². The first-order valence-electron chi connectivity index (χ1n) is 2.61. The molecular weight excluding hydrogens is 112 g/mol. The van der Waals surface area contributed by atoms with E-state index in [4.69, 9.17) is 5.11 Å². The van der Waals surface area contributed by atoms with Gasteiger partial charge in [-0.15, -0.1) is 0 Å². The fraction of sp³-hybridized carbons (Fsp3) is 0.667. The third kappa shape index (κ3) is 6.31. The van der Waals surface area contributed by atoms with Gasteiger partial charge >= 0.3 is 23.1 Å². The number of aliphatic hydroxyl groups is 1. The normalized spacial score (nSPS) is 10.5. The van der Waals surface area contributed by atoms with Crippen LogP contribution in [0.2, 0.25) is 0 Å². The van der Waals surface area contributed by atoms with Crippen LogP contribution in [0.4, 0.5) is 0 Å². The van der Waals surface area contributed by atoms with Crippen LogP contribution in [-0.4, -0.2) is 28.2 Å². The van der Waals surface area contributed by atoms with E-state index < -0.39 is 0 Å². The summed E-state index contributed by atoms with van der Waals surface area (Å²) in [4.78, 5) is 0. The summed E-state index contributed by atoms with van der Waals surface area (Å²) in [6, 6.07) is 0. The molecule has 0 radical (unpaired) electrons. The van der Waals surface area contributed by atoms with Crippen LogP contribution in [0.15, 0.2) is 11.8 Å². The van der Waals surface area contributed by atoms with Crippen molar-refractivity contribution in [3.8, 4) is 0 Å². The number of allylic oxidation sites excluding steroid dienone is 1. The van der Waals surface area contributed by atoms with Gasteiger partial charge in [0.15, 0.2) is 0 Å². The van der Waals surface area contributed by atoms with E-state index in [1.165, 1.54) is 6.26 Å². The van der Waals surface area contributed by atoms with E-state index >= 15 is 0 Å². The zero-order chi connectivity index (χ0) is 5.70. The maximum Gasteiger partial charge on any atom is 2.00 e. The first kappa shape index (κ1) is 11.1. The molecule has 0 aliphatic rings. The van der Waals surface area contributed by atoms with Gasteiger partial charge in [-0.1, -0.05) is 13.3 Å². The predicted molar refractivity (Wildman–Crippen MR) is 39.3 cm³/mol. The average Bonchev–Trinajstić information content (AvgIpc) is 1.68. The topological polar surface area (TPSA) is 20.2 Å². The molecule has 0 spiro atoms. The van der Waals surface area contributed by atoms with Crippen molar-refractivity contribution in [2.24, 2.45) is 0 Å². The molecule has 8 heavy (non-hydrogen) atoms. The van der Waals surface area contributed by atoms with Gasteiger partial charge in [0.2, 0.25) is 0 Å². The molecule has 0 rings (SSSR count). The largest absolute Gasteiger partial charge is 2.00 e. The van der Waals surface area contributed by atoms with Gasteiger partial charge in [-0.2, -0.15) is 0 Å². The Labute approximate surface area is 69.9 Å². The summed E-state index contributed by atoms with van der Waals surface area (Å²) in [7, 11) is 0. The number of hydrogen-bond acceptors (Lipinski definition) is 1. The van der Waals surface area contributed by atoms with Crippen LogP contribution in [-0.2, 0) is 0 Å². The molecule has 0 aliphatic carbocycles. The second kappa shape index (κ2) is 7.31. The minimum atomic E-state index is 0. The molecular formula is C6H14MgO. The van der Waals surface area contributed by atoms with Crippen LogP contribution in [0.5, 0.6) is 0 Å². The Morgan fingerprint density at radius 1 is 1.75 bits per heavy atom. The maximum absolute atomic E-state index is 8.30. The van der Waals surface area contributed by atoms with Gasteiger partial charge < -0.3 is 7.96 Å². The number of rotatable bonds is 2. The van der Waals surface area contributed by atoms with E-state index in [1.54, 1.807) is 0 Å². The summed E-state index contributed by atoms with van der Waals surface area (Å²) in [5.74, 6) is 0. The summed E-state index contributed by atoms with van der Waals surface area (Å²) in [5, 5.41) is 8.30. The molecule has 0 atom stereocenters. The monoisotopic (exact) mass is 126 g/mol. The van der Waals surface area contributed by atoms with Gasteiger partial charge in [0.05, 0.1) is 6.26 Å². The number of hydrogen-bond donors (Lipinski definition) is 1. The molecule has 0 heterocycles. The van der Waals surface area contributed by atoms with Crippen LogP contribution >= 0.6 is 0 Å². The standard InChI is InChI=1S/C6H12O.Mg.2H/c1-3-4-6(2)5-7;;;/h5,7H,3-4H2,1-2H3;;;/q;+2;2*-1. The van der Waals surface area contributed by atoms with Crippen molar-refractivity contribution in [2.75, 3.05) is 0 Å². The van der Waals surface area contributed by atoms with Crippen molar-refractivity contribution in [3.05, 3.63) is 11.8 Å². The molecule has 0 bridgehead atoms. The minimum absolute atomic E-state index is 0. The van der Waals surface area contributed by atoms with Gasteiger partial charge in [-0.05, 0) is 18.9 Å². The van der Waals surface area contributed by atoms with Crippen LogP contribution in [0, 0.1) is 0 Å². The van der Waals surface area contributed by atoms with Gasteiger partial charge in [0.1, 0.15) is 0 Å². The molecule has 2 heteroatoms. The summed E-state index contributed by atoms with van der Waals surface area (Å²) in [5.41, 5.74) is 1.06. The molecule has 0 aliphatic heterocycles. The Morgan fingerprint density at radius 3 is 2.38 bits per heavy atom. The van der Waals surface area contributed by atoms with Gasteiger partial charge in [-0.3, -0.25) is 0 Å². The molecule has 0 aromatic heterocycles. The van der Waals surface area contributed by atoms with E-state index in [0.29, 0.717) is 0 Å². The van der Waals surface area contributed by atoms with Crippen LogP contribution in [0.25, 0.3) is 0 Å². The zero-order valence-electron chi connectivity index (χ0n) is 7.65. The van der Waals surface area contributed by atoms with Crippen molar-refractivity contribution >= 4 is 23.1 Å². The molecule has 0 aromatic carbocycles. The first-order chi connectivity index (χ1) is 3.31. The van der Waals surface area contributed by atoms with Gasteiger partial charge in [-0.25, -0.2) is 0 Å². The third-order valence-electron chi connectivity index (χ3n) is 0.865. The van der Waals surface area contributed by atoms with Crippen LogP contribution in [0.1, 0.15) is 29.5 Å². The van der Waals surface area contributed by atoms with Gasteiger partial charge in [0, 0.05) is 0 Å². The minimum Gasteiger partial charge on any atom is -1.00 e. The van der Waals surface area contributed by atoms with Crippen molar-refractivity contribution in [3.63, 3.8) is 0 Å². The molecule has 0 saturated carbocycles. The molecule has 0 aromatic rings. The van der Waals surface area contributed by atoms with Crippen molar-refractivity contribution in [2.45, 2.75) is 26.7 Å². The average molecular weight is 126 g/mol. The Hall–Kier alpha value is 0.306. The van der Waals surface area contributed by atoms with Crippen LogP contribution in [0.3, 0.4) is 0 Å². The molecule has 0 saturated heterocycles. The Balaban J connectivity index is -0.0000000600. The smallest absolute Gasteiger partial charge is 1.00 e. The molecule has 0 amide bonds. The SMILES string of the molecule is CCCC(C)=CO.[H-].[H-].[Mg+2]. The summed E-state index contributed by atoms with van der Waals surface area (Å²) in [6.07, 6.45) is 3.29. The van der Waals surface area contributed by atoms with Crippen molar-refractivity contribution in [1.29, 1.82) is 0 Å². The van der Waals surface area contributed by atoms with Crippen molar-refractivity contribution < 1.29 is 7.96 Å². The van der Waals surface area contributed by atoms with E-state index in [0.717, 1.165) is 18.4 Å². The Kier molecular flexibility index (Phi) is 10.2. The summed E-state index contributed by atoms with van der Waals surface area (Å²) >= 11 is 0. The first-order valence-corrected chi connectivity index (χ1v) is 2.61. The van der Waals surface area contributed by atoms with E-state index in [-0.39, 0.29) is 25.9 Å². The summed E-state index contributed by atoms with van der Waals surface area (Å²) in [6.45, 7) is 4.01. The third-order valence-corrected chi connectivity index (χ3v) is 0.865. The Bertz CT molecular complexity index is 76.1. The molecule has 1 nitrogen and oxygen atoms in total. The molecule has 46 valence electrons. The quantitative estimate of drug-likeness (QED) is 0.444. The fourth-order valence-electron chi connectivity index (χ4n) is 0.459. The van der Waals surface area contributed by atoms with Crippen molar-refractivity contribution in [1.82, 2.24) is 0 Å². The summed E-state index contributed by atoms with van der Waals surface area (Å²) < 4.78 is 0. The molecule has 0 fully saturated rings. The fourth-order valence-corrected chi connectivity index (χ4v) is 0.459. The Morgan fingerprint density at radius 2 is 2.25 bits per heavy atom. The van der Waals surface area contributed by atoms with E-state index in [9.17, 15) is 0 Å².